The number of rotatable bonds is 9. The van der Waals surface area contributed by atoms with Gasteiger partial charge < -0.3 is 15.4 Å². The highest BCUT2D eigenvalue weighted by atomic mass is 127. The lowest BCUT2D eigenvalue weighted by Crippen LogP contribution is -2.43. The van der Waals surface area contributed by atoms with Crippen molar-refractivity contribution in [3.63, 3.8) is 0 Å². The van der Waals surface area contributed by atoms with E-state index in [-0.39, 0.29) is 29.8 Å². The van der Waals surface area contributed by atoms with Crippen LogP contribution < -0.4 is 10.6 Å². The number of piperidine rings is 1. The van der Waals surface area contributed by atoms with Gasteiger partial charge in [-0.15, -0.1) is 24.0 Å². The van der Waals surface area contributed by atoms with Crippen LogP contribution in [0.1, 0.15) is 24.0 Å². The quantitative estimate of drug-likeness (QED) is 0.218. The summed E-state index contributed by atoms with van der Waals surface area (Å²) in [5.41, 5.74) is 1.97. The van der Waals surface area contributed by atoms with Gasteiger partial charge in [-0.05, 0) is 43.5 Å². The van der Waals surface area contributed by atoms with Gasteiger partial charge in [0.05, 0.1) is 13.2 Å². The van der Waals surface area contributed by atoms with Crippen molar-refractivity contribution in [2.24, 2.45) is 10.9 Å². The minimum Gasteiger partial charge on any atom is -0.375 e. The molecule has 1 saturated heterocycles. The number of guanidine groups is 1. The van der Waals surface area contributed by atoms with E-state index in [0.717, 1.165) is 44.0 Å². The summed E-state index contributed by atoms with van der Waals surface area (Å²) >= 11 is 0. The fourth-order valence-electron chi connectivity index (χ4n) is 3.68. The second kappa shape index (κ2) is 14.4. The zero-order valence-electron chi connectivity index (χ0n) is 18.2. The molecule has 2 aromatic rings. The predicted molar refractivity (Wildman–Crippen MR) is 135 cm³/mol. The van der Waals surface area contributed by atoms with Crippen LogP contribution in [-0.4, -0.2) is 50.7 Å². The number of nitrogens with one attached hydrogen (secondary N) is 2. The minimum absolute atomic E-state index is 0. The Balaban J connectivity index is 0.00000341. The number of likely N-dealkylation sites (tertiary alicyclic amines) is 1. The van der Waals surface area contributed by atoms with E-state index >= 15 is 0 Å². The number of hydrogen-bond acceptors (Lipinski definition) is 3. The van der Waals surface area contributed by atoms with Gasteiger partial charge in [0.25, 0.3) is 0 Å². The van der Waals surface area contributed by atoms with Gasteiger partial charge in [0, 0.05) is 32.2 Å². The summed E-state index contributed by atoms with van der Waals surface area (Å²) in [6, 6.07) is 17.2. The van der Waals surface area contributed by atoms with Gasteiger partial charge in [0.1, 0.15) is 5.82 Å². The van der Waals surface area contributed by atoms with E-state index in [0.29, 0.717) is 32.2 Å². The summed E-state index contributed by atoms with van der Waals surface area (Å²) in [4.78, 5) is 6.63. The molecule has 1 aliphatic heterocycles. The molecular formula is C24H34FIN4O. The smallest absolute Gasteiger partial charge is 0.191 e. The summed E-state index contributed by atoms with van der Waals surface area (Å²) < 4.78 is 19.5. The summed E-state index contributed by atoms with van der Waals surface area (Å²) in [5.74, 6) is 1.31. The van der Waals surface area contributed by atoms with Crippen LogP contribution in [0.5, 0.6) is 0 Å². The van der Waals surface area contributed by atoms with Gasteiger partial charge in [-0.1, -0.05) is 48.5 Å². The Morgan fingerprint density at radius 3 is 2.48 bits per heavy atom. The first-order valence-corrected chi connectivity index (χ1v) is 10.8. The molecule has 1 aliphatic rings. The molecule has 5 nitrogen and oxygen atoms in total. The third-order valence-corrected chi connectivity index (χ3v) is 5.49. The fourth-order valence-corrected chi connectivity index (χ4v) is 3.68. The normalized spacial score (nSPS) is 15.4. The lowest BCUT2D eigenvalue weighted by atomic mass is 9.96. The molecule has 1 fully saturated rings. The van der Waals surface area contributed by atoms with Gasteiger partial charge >= 0.3 is 0 Å². The zero-order chi connectivity index (χ0) is 21.0. The maximum Gasteiger partial charge on any atom is 0.191 e. The number of ether oxygens (including phenoxy) is 1. The molecule has 0 aliphatic carbocycles. The van der Waals surface area contributed by atoms with Crippen molar-refractivity contribution in [1.29, 1.82) is 0 Å². The van der Waals surface area contributed by atoms with E-state index in [9.17, 15) is 4.39 Å². The number of halogens is 2. The molecule has 2 aromatic carbocycles. The van der Waals surface area contributed by atoms with Crippen LogP contribution >= 0.6 is 24.0 Å². The Bertz CT molecular complexity index is 782. The van der Waals surface area contributed by atoms with Gasteiger partial charge in [-0.3, -0.25) is 9.89 Å². The molecule has 7 heteroatoms. The third-order valence-electron chi connectivity index (χ3n) is 5.49. The van der Waals surface area contributed by atoms with Crippen LogP contribution in [0.4, 0.5) is 4.39 Å². The van der Waals surface area contributed by atoms with E-state index < -0.39 is 0 Å². The Morgan fingerprint density at radius 2 is 1.77 bits per heavy atom. The molecule has 0 bridgehead atoms. The lowest BCUT2D eigenvalue weighted by molar-refractivity contribution is 0.125. The third kappa shape index (κ3) is 9.13. The second-order valence-corrected chi connectivity index (χ2v) is 7.73. The largest absolute Gasteiger partial charge is 0.375 e. The average Bonchev–Trinajstić information content (AvgIpc) is 2.79. The van der Waals surface area contributed by atoms with E-state index in [4.69, 9.17) is 4.74 Å². The molecule has 2 N–H and O–H groups in total. The van der Waals surface area contributed by atoms with Gasteiger partial charge in [0.2, 0.25) is 0 Å². The van der Waals surface area contributed by atoms with Crippen molar-refractivity contribution in [3.8, 4) is 0 Å². The highest BCUT2D eigenvalue weighted by Gasteiger charge is 2.20. The van der Waals surface area contributed by atoms with E-state index in [1.807, 2.05) is 30.3 Å². The molecular weight excluding hydrogens is 506 g/mol. The van der Waals surface area contributed by atoms with Crippen LogP contribution in [0, 0.1) is 11.7 Å². The first-order valence-electron chi connectivity index (χ1n) is 10.8. The summed E-state index contributed by atoms with van der Waals surface area (Å²) in [5, 5.41) is 6.73. The molecule has 0 atom stereocenters. The molecule has 0 unspecified atom stereocenters. The molecule has 0 radical (unpaired) electrons. The molecule has 0 saturated carbocycles. The number of aliphatic imine (C=N–C) groups is 1. The number of hydrogen-bond donors (Lipinski definition) is 2. The molecule has 31 heavy (non-hydrogen) atoms. The lowest BCUT2D eigenvalue weighted by Gasteiger charge is -2.32. The maximum absolute atomic E-state index is 13.8. The molecule has 1 heterocycles. The molecule has 0 amide bonds. The van der Waals surface area contributed by atoms with E-state index in [1.54, 1.807) is 13.1 Å². The van der Waals surface area contributed by atoms with Crippen molar-refractivity contribution < 1.29 is 9.13 Å². The maximum atomic E-state index is 13.8. The van der Waals surface area contributed by atoms with Crippen LogP contribution in [0.3, 0.4) is 0 Å². The van der Waals surface area contributed by atoms with Crippen LogP contribution in [0.25, 0.3) is 0 Å². The first kappa shape index (κ1) is 25.5. The SMILES string of the molecule is CN=C(NCCOCc1ccccc1)NCC1CCN(Cc2ccccc2F)CC1.I. The van der Waals surface area contributed by atoms with Crippen molar-refractivity contribution in [1.82, 2.24) is 15.5 Å². The Hall–Kier alpha value is -1.71. The Morgan fingerprint density at radius 1 is 1.06 bits per heavy atom. The monoisotopic (exact) mass is 540 g/mol. The van der Waals surface area contributed by atoms with E-state index in [1.165, 1.54) is 11.6 Å². The predicted octanol–water partition coefficient (Wildman–Crippen LogP) is 4.04. The molecule has 0 spiro atoms. The summed E-state index contributed by atoms with van der Waals surface area (Å²) in [7, 11) is 1.79. The second-order valence-electron chi connectivity index (χ2n) is 7.73. The van der Waals surface area contributed by atoms with Gasteiger partial charge in [0.15, 0.2) is 5.96 Å². The first-order chi connectivity index (χ1) is 14.7. The molecule has 0 aromatic heterocycles. The van der Waals surface area contributed by atoms with Crippen molar-refractivity contribution in [2.45, 2.75) is 26.0 Å². The van der Waals surface area contributed by atoms with E-state index in [2.05, 4.69) is 32.7 Å². The van der Waals surface area contributed by atoms with Crippen LogP contribution in [-0.2, 0) is 17.9 Å². The zero-order valence-corrected chi connectivity index (χ0v) is 20.6. The highest BCUT2D eigenvalue weighted by molar-refractivity contribution is 14.0. The van der Waals surface area contributed by atoms with Gasteiger partial charge in [-0.25, -0.2) is 4.39 Å². The van der Waals surface area contributed by atoms with Crippen molar-refractivity contribution in [2.75, 3.05) is 39.8 Å². The standard InChI is InChI=1S/C24H33FN4O.HI/c1-26-24(27-13-16-30-19-21-7-3-2-4-8-21)28-17-20-11-14-29(15-12-20)18-22-9-5-6-10-23(22)25;/h2-10,20H,11-19H2,1H3,(H2,26,27,28);1H. The Labute approximate surface area is 202 Å². The topological polar surface area (TPSA) is 48.9 Å². The fraction of sp³-hybridized carbons (Fsp3) is 0.458. The number of benzene rings is 2. The molecule has 3 rings (SSSR count). The van der Waals surface area contributed by atoms with Crippen molar-refractivity contribution in [3.05, 3.63) is 71.5 Å². The van der Waals surface area contributed by atoms with Crippen molar-refractivity contribution >= 4 is 29.9 Å². The highest BCUT2D eigenvalue weighted by Crippen LogP contribution is 2.19. The minimum atomic E-state index is -0.107. The van der Waals surface area contributed by atoms with Gasteiger partial charge in [-0.2, -0.15) is 0 Å². The average molecular weight is 540 g/mol. The Kier molecular flexibility index (Phi) is 11.8. The summed E-state index contributed by atoms with van der Waals surface area (Å²) in [6.07, 6.45) is 2.22. The molecule has 170 valence electrons. The van der Waals surface area contributed by atoms with Crippen LogP contribution in [0.2, 0.25) is 0 Å². The number of nitrogens with zero attached hydrogens (tertiary/aromatic N) is 2. The summed E-state index contributed by atoms with van der Waals surface area (Å²) in [6.45, 7) is 5.56. The van der Waals surface area contributed by atoms with Crippen LogP contribution in [0.15, 0.2) is 59.6 Å².